The molecule has 42 heavy (non-hydrogen) atoms. The van der Waals surface area contributed by atoms with Gasteiger partial charge in [0.25, 0.3) is 0 Å². The van der Waals surface area contributed by atoms with E-state index in [-0.39, 0.29) is 24.5 Å². The fourth-order valence-electron chi connectivity index (χ4n) is 5.50. The van der Waals surface area contributed by atoms with Crippen LogP contribution in [-0.4, -0.2) is 55.1 Å². The first-order chi connectivity index (χ1) is 20.3. The standard InChI is InChI=1S/C34H45N3O4S/c1-24(2)27-13-15-28(16-14-27)35-34(39)37(29-9-7-6-8-10-29)23-33(38)36(22-30-17-11-25(3)42-30)20-19-26-12-18-31(40-4)32(21-26)41-5/h11-18,21,24,29H,6-10,19-20,22-23H2,1-5H3,(H,35,39). The topological polar surface area (TPSA) is 71.1 Å². The maximum Gasteiger partial charge on any atom is 0.322 e. The smallest absolute Gasteiger partial charge is 0.322 e. The molecule has 0 unspecified atom stereocenters. The van der Waals surface area contributed by atoms with Crippen LogP contribution in [0.15, 0.2) is 54.6 Å². The second-order valence-electron chi connectivity index (χ2n) is 11.4. The molecular formula is C34H45N3O4S. The summed E-state index contributed by atoms with van der Waals surface area (Å²) < 4.78 is 10.9. The molecule has 1 heterocycles. The monoisotopic (exact) mass is 591 g/mol. The lowest BCUT2D eigenvalue weighted by molar-refractivity contribution is -0.132. The molecule has 1 N–H and O–H groups in total. The van der Waals surface area contributed by atoms with Gasteiger partial charge in [-0.2, -0.15) is 0 Å². The van der Waals surface area contributed by atoms with Crippen LogP contribution in [0.2, 0.25) is 0 Å². The highest BCUT2D eigenvalue weighted by Crippen LogP contribution is 2.28. The zero-order valence-electron chi connectivity index (χ0n) is 25.7. The third kappa shape index (κ3) is 8.51. The molecule has 0 saturated heterocycles. The molecule has 1 saturated carbocycles. The van der Waals surface area contributed by atoms with Crippen LogP contribution in [0, 0.1) is 6.92 Å². The second kappa shape index (κ2) is 15.1. The Bertz CT molecular complexity index is 1310. The third-order valence-corrected chi connectivity index (χ3v) is 9.01. The number of ether oxygens (including phenoxy) is 2. The van der Waals surface area contributed by atoms with E-state index in [1.165, 1.54) is 16.9 Å². The molecule has 1 aromatic heterocycles. The predicted octanol–water partition coefficient (Wildman–Crippen LogP) is 7.64. The van der Waals surface area contributed by atoms with E-state index in [1.54, 1.807) is 30.5 Å². The molecule has 2 aromatic carbocycles. The molecule has 3 aromatic rings. The fourth-order valence-corrected chi connectivity index (χ4v) is 6.41. The lowest BCUT2D eigenvalue weighted by atomic mass is 9.94. The molecule has 0 spiro atoms. The maximum atomic E-state index is 14.0. The van der Waals surface area contributed by atoms with Gasteiger partial charge in [0.05, 0.1) is 20.8 Å². The molecule has 8 heteroatoms. The van der Waals surface area contributed by atoms with Gasteiger partial charge in [0, 0.05) is 28.0 Å². The second-order valence-corrected chi connectivity index (χ2v) is 12.8. The normalized spacial score (nSPS) is 13.6. The summed E-state index contributed by atoms with van der Waals surface area (Å²) in [5.41, 5.74) is 3.03. The first kappa shape index (κ1) is 31.4. The summed E-state index contributed by atoms with van der Waals surface area (Å²) in [6, 6.07) is 17.9. The van der Waals surface area contributed by atoms with E-state index >= 15 is 0 Å². The molecule has 1 aliphatic carbocycles. The third-order valence-electron chi connectivity index (χ3n) is 8.02. The average molecular weight is 592 g/mol. The number of methoxy groups -OCH3 is 2. The lowest BCUT2D eigenvalue weighted by Crippen LogP contribution is -2.49. The number of rotatable bonds is 12. The van der Waals surface area contributed by atoms with E-state index in [9.17, 15) is 9.59 Å². The minimum absolute atomic E-state index is 0.0441. The minimum atomic E-state index is -0.209. The van der Waals surface area contributed by atoms with Crippen LogP contribution in [0.5, 0.6) is 11.5 Å². The maximum absolute atomic E-state index is 14.0. The Morgan fingerprint density at radius 2 is 1.67 bits per heavy atom. The molecule has 3 amide bonds. The highest BCUT2D eigenvalue weighted by Gasteiger charge is 2.29. The fraction of sp³-hybridized carbons (Fsp3) is 0.471. The molecule has 0 atom stereocenters. The average Bonchev–Trinajstić information content (AvgIpc) is 3.42. The Balaban J connectivity index is 1.52. The summed E-state index contributed by atoms with van der Waals surface area (Å²) in [7, 11) is 3.25. The van der Waals surface area contributed by atoms with Gasteiger partial charge in [0.15, 0.2) is 11.5 Å². The van der Waals surface area contributed by atoms with Crippen LogP contribution in [0.25, 0.3) is 0 Å². The molecule has 0 radical (unpaired) electrons. The van der Waals surface area contributed by atoms with Gasteiger partial charge in [0.2, 0.25) is 5.91 Å². The minimum Gasteiger partial charge on any atom is -0.493 e. The summed E-state index contributed by atoms with van der Waals surface area (Å²) >= 11 is 1.70. The number of benzene rings is 2. The number of amides is 3. The van der Waals surface area contributed by atoms with Crippen molar-refractivity contribution in [3.05, 3.63) is 75.5 Å². The molecule has 0 bridgehead atoms. The number of hydrogen-bond donors (Lipinski definition) is 1. The van der Waals surface area contributed by atoms with Gasteiger partial charge in [-0.25, -0.2) is 4.79 Å². The van der Waals surface area contributed by atoms with Gasteiger partial charge in [0.1, 0.15) is 6.54 Å². The highest BCUT2D eigenvalue weighted by molar-refractivity contribution is 7.11. The van der Waals surface area contributed by atoms with Crippen molar-refractivity contribution in [2.45, 2.75) is 77.8 Å². The van der Waals surface area contributed by atoms with Crippen LogP contribution < -0.4 is 14.8 Å². The van der Waals surface area contributed by atoms with Crippen molar-refractivity contribution in [2.75, 3.05) is 32.6 Å². The summed E-state index contributed by atoms with van der Waals surface area (Å²) in [5, 5.41) is 3.08. The summed E-state index contributed by atoms with van der Waals surface area (Å²) in [5.74, 6) is 1.72. The van der Waals surface area contributed by atoms with Gasteiger partial charge in [-0.1, -0.05) is 51.3 Å². The zero-order valence-corrected chi connectivity index (χ0v) is 26.5. The van der Waals surface area contributed by atoms with Gasteiger partial charge >= 0.3 is 6.03 Å². The zero-order chi connectivity index (χ0) is 30.1. The van der Waals surface area contributed by atoms with Crippen molar-refractivity contribution in [2.24, 2.45) is 0 Å². The van der Waals surface area contributed by atoms with E-state index in [1.807, 2.05) is 35.2 Å². The summed E-state index contributed by atoms with van der Waals surface area (Å²) in [6.07, 6.45) is 5.82. The van der Waals surface area contributed by atoms with Crippen molar-refractivity contribution in [3.8, 4) is 11.5 Å². The molecule has 0 aliphatic heterocycles. The highest BCUT2D eigenvalue weighted by atomic mass is 32.1. The van der Waals surface area contributed by atoms with Crippen molar-refractivity contribution < 1.29 is 19.1 Å². The first-order valence-corrected chi connectivity index (χ1v) is 15.8. The molecule has 226 valence electrons. The molecular weight excluding hydrogens is 546 g/mol. The lowest BCUT2D eigenvalue weighted by Gasteiger charge is -2.35. The Hall–Kier alpha value is -3.52. The van der Waals surface area contributed by atoms with Gasteiger partial charge < -0.3 is 24.6 Å². The molecule has 1 aliphatic rings. The van der Waals surface area contributed by atoms with Crippen molar-refractivity contribution in [1.29, 1.82) is 0 Å². The van der Waals surface area contributed by atoms with Crippen LogP contribution in [-0.2, 0) is 17.8 Å². The number of carbonyl (C=O) groups excluding carboxylic acids is 2. The van der Waals surface area contributed by atoms with Gasteiger partial charge in [-0.3, -0.25) is 4.79 Å². The predicted molar refractivity (Wildman–Crippen MR) is 171 cm³/mol. The first-order valence-electron chi connectivity index (χ1n) is 15.0. The number of urea groups is 1. The van der Waals surface area contributed by atoms with Crippen LogP contribution >= 0.6 is 11.3 Å². The molecule has 7 nitrogen and oxygen atoms in total. The SMILES string of the molecule is COc1ccc(CCN(Cc2ccc(C)s2)C(=O)CN(C(=O)Nc2ccc(C(C)C)cc2)C2CCCCC2)cc1OC. The quantitative estimate of drug-likeness (QED) is 0.235. The summed E-state index contributed by atoms with van der Waals surface area (Å²) in [6.45, 7) is 7.48. The van der Waals surface area contributed by atoms with Crippen molar-refractivity contribution in [1.82, 2.24) is 9.80 Å². The van der Waals surface area contributed by atoms with E-state index in [4.69, 9.17) is 9.47 Å². The Kier molecular flexibility index (Phi) is 11.3. The van der Waals surface area contributed by atoms with Crippen LogP contribution in [0.1, 0.15) is 72.8 Å². The Labute approximate surface area is 254 Å². The van der Waals surface area contributed by atoms with Crippen LogP contribution in [0.3, 0.4) is 0 Å². The Morgan fingerprint density at radius 3 is 2.29 bits per heavy atom. The van der Waals surface area contributed by atoms with E-state index in [0.717, 1.165) is 41.8 Å². The summed E-state index contributed by atoms with van der Waals surface area (Å²) in [4.78, 5) is 33.7. The van der Waals surface area contributed by atoms with Crippen LogP contribution in [0.4, 0.5) is 10.5 Å². The van der Waals surface area contributed by atoms with E-state index < -0.39 is 0 Å². The number of carbonyl (C=O) groups is 2. The number of thiophene rings is 1. The molecule has 4 rings (SSSR count). The number of nitrogens with zero attached hydrogens (tertiary/aromatic N) is 2. The van der Waals surface area contributed by atoms with Gasteiger partial charge in [-0.15, -0.1) is 11.3 Å². The van der Waals surface area contributed by atoms with Crippen molar-refractivity contribution >= 4 is 29.0 Å². The van der Waals surface area contributed by atoms with E-state index in [2.05, 4.69) is 50.4 Å². The number of aryl methyl sites for hydroxylation is 1. The van der Waals surface area contributed by atoms with Crippen molar-refractivity contribution in [3.63, 3.8) is 0 Å². The molecule has 1 fully saturated rings. The van der Waals surface area contributed by atoms with E-state index in [0.29, 0.717) is 36.9 Å². The largest absolute Gasteiger partial charge is 0.493 e. The number of nitrogens with one attached hydrogen (secondary N) is 1. The van der Waals surface area contributed by atoms with Gasteiger partial charge in [-0.05, 0) is 79.6 Å². The number of hydrogen-bond acceptors (Lipinski definition) is 5. The Morgan fingerprint density at radius 1 is 0.952 bits per heavy atom. The number of anilines is 1.